The Morgan fingerprint density at radius 1 is 0.846 bits per heavy atom. The van der Waals surface area contributed by atoms with Crippen molar-refractivity contribution >= 4 is 11.3 Å². The van der Waals surface area contributed by atoms with Gasteiger partial charge in [-0.3, -0.25) is 0 Å². The summed E-state index contributed by atoms with van der Waals surface area (Å²) >= 11 is 0. The molecule has 0 radical (unpaired) electrons. The van der Waals surface area contributed by atoms with Crippen LogP contribution in [-0.2, 0) is 19.6 Å². The summed E-state index contributed by atoms with van der Waals surface area (Å²) in [5.41, 5.74) is 1.97. The second-order valence-electron chi connectivity index (χ2n) is 14.2. The minimum Gasteiger partial charge on any atom is -0.389 e. The van der Waals surface area contributed by atoms with Crippen LogP contribution < -0.4 is 4.90 Å². The first-order valence-electron chi connectivity index (χ1n) is 15.1. The molecule has 2 saturated heterocycles. The third-order valence-electron chi connectivity index (χ3n) is 12.2. The van der Waals surface area contributed by atoms with Gasteiger partial charge < -0.3 is 15.1 Å². The molecule has 2 aliphatic heterocycles. The van der Waals surface area contributed by atoms with Gasteiger partial charge in [-0.2, -0.15) is 0 Å². The van der Waals surface area contributed by atoms with Gasteiger partial charge in [0, 0.05) is 50.4 Å². The SMILES string of the molecule is CN(C)c1ccc(C2=C3[C@@H](CC[C@@]4(O)CC5(CCOO5)CC[C@H]34)[C@@H]3CC[C@](O)([C@@]4(C)CCOO4)[C@@]3(C)C2)cc1. The Balaban J connectivity index is 1.35. The van der Waals surface area contributed by atoms with Crippen molar-refractivity contribution in [3.05, 3.63) is 35.4 Å². The molecule has 0 amide bonds. The summed E-state index contributed by atoms with van der Waals surface area (Å²) in [6.45, 7) is 5.48. The number of hydrogen-bond donors (Lipinski definition) is 2. The largest absolute Gasteiger partial charge is 0.389 e. The molecule has 5 fully saturated rings. The van der Waals surface area contributed by atoms with E-state index in [4.69, 9.17) is 19.6 Å². The van der Waals surface area contributed by atoms with E-state index in [9.17, 15) is 10.2 Å². The van der Waals surface area contributed by atoms with Gasteiger partial charge in [-0.05, 0) is 87.0 Å². The first-order valence-corrected chi connectivity index (χ1v) is 15.1. The van der Waals surface area contributed by atoms with Crippen LogP contribution in [0.15, 0.2) is 29.8 Å². The number of anilines is 1. The maximum Gasteiger partial charge on any atom is 0.132 e. The molecule has 1 aromatic rings. The standard InChI is InChI=1S/C32H45NO6/c1-28-19-24(21-5-7-22(8-6-21)33(3)4)27-23(25(28)11-14-32(28,35)29(2)15-17-36-38-29)9-13-31(34)20-30(12-10-26(27)31)16-18-37-39-30/h5-8,23,25-26,34-35H,9-20H2,1-4H3/t23-,25-,26+,28-,29+,30?,31+,32+/m0/s1. The molecule has 7 heteroatoms. The number of fused-ring (bicyclic) bond motifs is 5. The van der Waals surface area contributed by atoms with E-state index in [0.29, 0.717) is 44.3 Å². The Morgan fingerprint density at radius 2 is 1.59 bits per heavy atom. The van der Waals surface area contributed by atoms with E-state index in [1.807, 2.05) is 6.92 Å². The number of allylic oxidation sites excluding steroid dienone is 1. The van der Waals surface area contributed by atoms with Gasteiger partial charge in [-0.25, -0.2) is 19.6 Å². The molecule has 8 atom stereocenters. The lowest BCUT2D eigenvalue weighted by molar-refractivity contribution is -0.352. The van der Waals surface area contributed by atoms with Gasteiger partial charge in [0.25, 0.3) is 0 Å². The summed E-state index contributed by atoms with van der Waals surface area (Å²) in [6.07, 6.45) is 8.19. The van der Waals surface area contributed by atoms with E-state index < -0.39 is 16.8 Å². The molecular formula is C32H45NO6. The molecular weight excluding hydrogens is 494 g/mol. The number of nitrogens with zero attached hydrogens (tertiary/aromatic N) is 1. The molecule has 2 N–H and O–H groups in total. The third-order valence-corrected chi connectivity index (χ3v) is 12.2. The zero-order valence-corrected chi connectivity index (χ0v) is 24.0. The van der Waals surface area contributed by atoms with Crippen LogP contribution in [0, 0.1) is 23.2 Å². The Kier molecular flexibility index (Phi) is 5.94. The average molecular weight is 540 g/mol. The van der Waals surface area contributed by atoms with Gasteiger partial charge >= 0.3 is 0 Å². The third kappa shape index (κ3) is 3.63. The van der Waals surface area contributed by atoms with E-state index in [1.165, 1.54) is 22.4 Å². The van der Waals surface area contributed by atoms with Gasteiger partial charge in [-0.1, -0.05) is 24.6 Å². The van der Waals surface area contributed by atoms with Crippen molar-refractivity contribution in [2.24, 2.45) is 23.2 Å². The minimum absolute atomic E-state index is 0.106. The smallest absolute Gasteiger partial charge is 0.132 e. The number of aliphatic hydroxyl groups is 2. The molecule has 6 aliphatic rings. The molecule has 3 saturated carbocycles. The topological polar surface area (TPSA) is 80.6 Å². The van der Waals surface area contributed by atoms with E-state index in [2.05, 4.69) is 50.2 Å². The van der Waals surface area contributed by atoms with Crippen molar-refractivity contribution < 1.29 is 29.8 Å². The second-order valence-corrected chi connectivity index (χ2v) is 14.2. The lowest BCUT2D eigenvalue weighted by atomic mass is 9.48. The van der Waals surface area contributed by atoms with E-state index in [0.717, 1.165) is 44.9 Å². The molecule has 0 bridgehead atoms. The predicted molar refractivity (Wildman–Crippen MR) is 148 cm³/mol. The summed E-state index contributed by atoms with van der Waals surface area (Å²) in [5.74, 6) is 0.789. The summed E-state index contributed by atoms with van der Waals surface area (Å²) in [4.78, 5) is 24.6. The molecule has 1 spiro atoms. The molecule has 4 aliphatic carbocycles. The lowest BCUT2D eigenvalue weighted by Gasteiger charge is -2.59. The molecule has 7 rings (SSSR count). The van der Waals surface area contributed by atoms with Gasteiger partial charge in [0.1, 0.15) is 16.8 Å². The molecule has 1 aromatic carbocycles. The summed E-state index contributed by atoms with van der Waals surface area (Å²) in [6, 6.07) is 8.87. The predicted octanol–water partition coefficient (Wildman–Crippen LogP) is 5.20. The van der Waals surface area contributed by atoms with Crippen molar-refractivity contribution in [1.82, 2.24) is 0 Å². The first-order chi connectivity index (χ1) is 18.5. The number of hydrogen-bond acceptors (Lipinski definition) is 7. The van der Waals surface area contributed by atoms with Crippen LogP contribution in [0.25, 0.3) is 5.57 Å². The Bertz CT molecular complexity index is 1150. The number of benzene rings is 1. The Morgan fingerprint density at radius 3 is 2.26 bits per heavy atom. The zero-order valence-electron chi connectivity index (χ0n) is 24.0. The van der Waals surface area contributed by atoms with Crippen LogP contribution in [-0.4, -0.2) is 59.9 Å². The molecule has 1 unspecified atom stereocenters. The highest BCUT2D eigenvalue weighted by molar-refractivity contribution is 5.74. The number of rotatable bonds is 3. The van der Waals surface area contributed by atoms with Gasteiger partial charge in [-0.15, -0.1) is 0 Å². The highest BCUT2D eigenvalue weighted by atomic mass is 17.2. The summed E-state index contributed by atoms with van der Waals surface area (Å²) < 4.78 is 0. The van der Waals surface area contributed by atoms with Crippen molar-refractivity contribution in [3.63, 3.8) is 0 Å². The first kappa shape index (κ1) is 26.4. The fraction of sp³-hybridized carbons (Fsp3) is 0.750. The van der Waals surface area contributed by atoms with Crippen LogP contribution in [0.1, 0.15) is 83.6 Å². The molecule has 39 heavy (non-hydrogen) atoms. The summed E-state index contributed by atoms with van der Waals surface area (Å²) in [7, 11) is 4.13. The molecule has 2 heterocycles. The van der Waals surface area contributed by atoms with Crippen LogP contribution in [0.5, 0.6) is 0 Å². The fourth-order valence-electron chi connectivity index (χ4n) is 10.0. The van der Waals surface area contributed by atoms with Crippen molar-refractivity contribution in [2.45, 2.75) is 100 Å². The van der Waals surface area contributed by atoms with Gasteiger partial charge in [0.05, 0.1) is 18.8 Å². The maximum atomic E-state index is 12.6. The Hall–Kier alpha value is -1.48. The molecule has 0 aromatic heterocycles. The minimum atomic E-state index is -0.985. The highest BCUT2D eigenvalue weighted by Crippen LogP contribution is 2.70. The van der Waals surface area contributed by atoms with Crippen molar-refractivity contribution in [2.75, 3.05) is 32.2 Å². The van der Waals surface area contributed by atoms with Crippen LogP contribution >= 0.6 is 0 Å². The van der Waals surface area contributed by atoms with Crippen molar-refractivity contribution in [1.29, 1.82) is 0 Å². The van der Waals surface area contributed by atoms with E-state index in [1.54, 1.807) is 0 Å². The van der Waals surface area contributed by atoms with Crippen LogP contribution in [0.2, 0.25) is 0 Å². The molecule has 214 valence electrons. The van der Waals surface area contributed by atoms with Gasteiger partial charge in [0.15, 0.2) is 0 Å². The van der Waals surface area contributed by atoms with Crippen LogP contribution in [0.4, 0.5) is 5.69 Å². The average Bonchev–Trinajstić information content (AvgIpc) is 3.62. The van der Waals surface area contributed by atoms with Crippen molar-refractivity contribution in [3.8, 4) is 0 Å². The summed E-state index contributed by atoms with van der Waals surface area (Å²) in [5, 5.41) is 24.9. The normalized spacial score (nSPS) is 47.3. The fourth-order valence-corrected chi connectivity index (χ4v) is 10.0. The monoisotopic (exact) mass is 539 g/mol. The zero-order chi connectivity index (χ0) is 27.3. The maximum absolute atomic E-state index is 12.6. The van der Waals surface area contributed by atoms with E-state index >= 15 is 0 Å². The highest BCUT2D eigenvalue weighted by Gasteiger charge is 2.70. The van der Waals surface area contributed by atoms with Crippen LogP contribution in [0.3, 0.4) is 0 Å². The van der Waals surface area contributed by atoms with Gasteiger partial charge in [0.2, 0.25) is 0 Å². The lowest BCUT2D eigenvalue weighted by Crippen LogP contribution is -2.63. The quantitative estimate of drug-likeness (QED) is 0.511. The molecule has 7 nitrogen and oxygen atoms in total. The van der Waals surface area contributed by atoms with E-state index in [-0.39, 0.29) is 16.9 Å². The second kappa shape index (κ2) is 8.76. The Labute approximate surface area is 232 Å².